The average Bonchev–Trinajstić information content (AvgIpc) is 2.98. The Morgan fingerprint density at radius 1 is 1.30 bits per heavy atom. The van der Waals surface area contributed by atoms with E-state index < -0.39 is 0 Å². The lowest BCUT2D eigenvalue weighted by Crippen LogP contribution is -2.17. The third-order valence-corrected chi connectivity index (χ3v) is 5.18. The first-order valence-corrected chi connectivity index (χ1v) is 8.75. The van der Waals surface area contributed by atoms with E-state index in [4.69, 9.17) is 12.2 Å². The predicted octanol–water partition coefficient (Wildman–Crippen LogP) is 4.15. The van der Waals surface area contributed by atoms with E-state index in [1.807, 2.05) is 6.08 Å². The minimum Gasteiger partial charge on any atom is -0.318 e. The second kappa shape index (κ2) is 6.34. The first-order valence-electron chi connectivity index (χ1n) is 7.53. The van der Waals surface area contributed by atoms with E-state index in [0.717, 1.165) is 23.4 Å². The van der Waals surface area contributed by atoms with Gasteiger partial charge in [0.25, 0.3) is 5.91 Å². The van der Waals surface area contributed by atoms with Gasteiger partial charge in [-0.25, -0.2) is 0 Å². The number of hydrogen-bond donors (Lipinski definition) is 1. The van der Waals surface area contributed by atoms with Gasteiger partial charge in [0.1, 0.15) is 4.32 Å². The Bertz CT molecular complexity index is 834. The Morgan fingerprint density at radius 3 is 2.70 bits per heavy atom. The summed E-state index contributed by atoms with van der Waals surface area (Å²) in [6.45, 7) is 6.34. The van der Waals surface area contributed by atoms with Crippen molar-refractivity contribution in [1.29, 1.82) is 0 Å². The van der Waals surface area contributed by atoms with Crippen LogP contribution in [0.4, 0.5) is 0 Å². The molecule has 1 aliphatic rings. The highest BCUT2D eigenvalue weighted by atomic mass is 32.2. The smallest absolute Gasteiger partial charge is 0.263 e. The van der Waals surface area contributed by atoms with Crippen molar-refractivity contribution in [2.24, 2.45) is 0 Å². The molecule has 1 aliphatic heterocycles. The Kier molecular flexibility index (Phi) is 4.41. The van der Waals surface area contributed by atoms with Crippen LogP contribution in [-0.4, -0.2) is 14.8 Å². The number of nitrogens with one attached hydrogen (secondary N) is 1. The number of thioether (sulfide) groups is 1. The van der Waals surface area contributed by atoms with Gasteiger partial charge in [-0.1, -0.05) is 49.1 Å². The zero-order valence-electron chi connectivity index (χ0n) is 13.3. The SMILES string of the molecule is CCc1ccccc1-n1c(C)cc(/C=C2\SC(=S)NC2=O)c1C. The molecule has 5 heteroatoms. The van der Waals surface area contributed by atoms with Crippen LogP contribution in [0, 0.1) is 13.8 Å². The second-order valence-corrected chi connectivity index (χ2v) is 7.22. The molecule has 118 valence electrons. The number of carbonyl (C=O) groups is 1. The normalized spacial score (nSPS) is 16.2. The van der Waals surface area contributed by atoms with Crippen LogP contribution in [0.25, 0.3) is 11.8 Å². The molecule has 1 aromatic carbocycles. The monoisotopic (exact) mass is 342 g/mol. The van der Waals surface area contributed by atoms with Crippen molar-refractivity contribution < 1.29 is 4.79 Å². The maximum Gasteiger partial charge on any atom is 0.263 e. The summed E-state index contributed by atoms with van der Waals surface area (Å²) in [4.78, 5) is 12.5. The Hall–Kier alpha value is -1.85. The van der Waals surface area contributed by atoms with Gasteiger partial charge in [0.05, 0.1) is 4.91 Å². The van der Waals surface area contributed by atoms with Gasteiger partial charge in [0.2, 0.25) is 0 Å². The molecule has 1 N–H and O–H groups in total. The third-order valence-electron chi connectivity index (χ3n) is 4.01. The van der Waals surface area contributed by atoms with Crippen molar-refractivity contribution in [3.8, 4) is 5.69 Å². The van der Waals surface area contributed by atoms with Crippen molar-refractivity contribution in [3.05, 3.63) is 57.8 Å². The van der Waals surface area contributed by atoms with Gasteiger partial charge in [-0.2, -0.15) is 0 Å². The molecule has 3 nitrogen and oxygen atoms in total. The van der Waals surface area contributed by atoms with Crippen LogP contribution in [0.1, 0.15) is 29.4 Å². The lowest BCUT2D eigenvalue weighted by molar-refractivity contribution is -0.115. The third kappa shape index (κ3) is 2.99. The number of rotatable bonds is 3. The molecule has 0 saturated carbocycles. The van der Waals surface area contributed by atoms with Crippen LogP contribution in [0.2, 0.25) is 0 Å². The van der Waals surface area contributed by atoms with E-state index in [9.17, 15) is 4.79 Å². The summed E-state index contributed by atoms with van der Waals surface area (Å²) in [5.41, 5.74) is 5.84. The fourth-order valence-corrected chi connectivity index (χ4v) is 3.93. The molecule has 0 radical (unpaired) electrons. The van der Waals surface area contributed by atoms with Crippen molar-refractivity contribution in [3.63, 3.8) is 0 Å². The fourth-order valence-electron chi connectivity index (χ4n) is 2.89. The molecule has 1 saturated heterocycles. The minimum atomic E-state index is -0.112. The molecule has 1 fully saturated rings. The topological polar surface area (TPSA) is 34.0 Å². The Morgan fingerprint density at radius 2 is 2.04 bits per heavy atom. The Balaban J connectivity index is 2.09. The summed E-state index contributed by atoms with van der Waals surface area (Å²) in [7, 11) is 0. The highest BCUT2D eigenvalue weighted by Gasteiger charge is 2.23. The molecular weight excluding hydrogens is 324 g/mol. The number of para-hydroxylation sites is 1. The molecule has 2 heterocycles. The quantitative estimate of drug-likeness (QED) is 0.672. The van der Waals surface area contributed by atoms with Crippen molar-refractivity contribution in [1.82, 2.24) is 9.88 Å². The van der Waals surface area contributed by atoms with Gasteiger partial charge >= 0.3 is 0 Å². The van der Waals surface area contributed by atoms with E-state index in [0.29, 0.717) is 9.23 Å². The summed E-state index contributed by atoms with van der Waals surface area (Å²) in [5.74, 6) is -0.112. The summed E-state index contributed by atoms with van der Waals surface area (Å²) >= 11 is 6.37. The number of aryl methyl sites for hydroxylation is 2. The van der Waals surface area contributed by atoms with E-state index in [1.54, 1.807) is 0 Å². The highest BCUT2D eigenvalue weighted by Crippen LogP contribution is 2.30. The van der Waals surface area contributed by atoms with E-state index >= 15 is 0 Å². The van der Waals surface area contributed by atoms with Crippen LogP contribution in [0.5, 0.6) is 0 Å². The van der Waals surface area contributed by atoms with E-state index in [2.05, 4.69) is 61.0 Å². The van der Waals surface area contributed by atoms with Crippen molar-refractivity contribution >= 4 is 40.3 Å². The van der Waals surface area contributed by atoms with Gasteiger partial charge in [0, 0.05) is 17.1 Å². The molecule has 0 aliphatic carbocycles. The zero-order chi connectivity index (χ0) is 16.6. The van der Waals surface area contributed by atoms with Crippen LogP contribution in [0.15, 0.2) is 35.2 Å². The molecular formula is C18H18N2OS2. The van der Waals surface area contributed by atoms with E-state index in [1.165, 1.54) is 23.0 Å². The van der Waals surface area contributed by atoms with E-state index in [-0.39, 0.29) is 5.91 Å². The zero-order valence-corrected chi connectivity index (χ0v) is 15.0. The molecule has 2 aromatic rings. The first-order chi connectivity index (χ1) is 11.0. The van der Waals surface area contributed by atoms with Gasteiger partial charge < -0.3 is 9.88 Å². The van der Waals surface area contributed by atoms with Gasteiger partial charge in [-0.05, 0) is 49.6 Å². The molecule has 1 amide bonds. The predicted molar refractivity (Wildman–Crippen MR) is 101 cm³/mol. The summed E-state index contributed by atoms with van der Waals surface area (Å²) in [5, 5.41) is 2.66. The lowest BCUT2D eigenvalue weighted by atomic mass is 10.1. The number of carbonyl (C=O) groups excluding carboxylic acids is 1. The van der Waals surface area contributed by atoms with Crippen LogP contribution in [0.3, 0.4) is 0 Å². The number of aromatic nitrogens is 1. The lowest BCUT2D eigenvalue weighted by Gasteiger charge is -2.13. The molecule has 0 unspecified atom stereocenters. The van der Waals surface area contributed by atoms with Gasteiger partial charge in [-0.15, -0.1) is 0 Å². The molecule has 23 heavy (non-hydrogen) atoms. The number of amides is 1. The molecule has 0 spiro atoms. The van der Waals surface area contributed by atoms with Crippen molar-refractivity contribution in [2.75, 3.05) is 0 Å². The highest BCUT2D eigenvalue weighted by molar-refractivity contribution is 8.26. The molecule has 1 aromatic heterocycles. The molecule has 3 rings (SSSR count). The van der Waals surface area contributed by atoms with Crippen LogP contribution < -0.4 is 5.32 Å². The summed E-state index contributed by atoms with van der Waals surface area (Å²) in [6.07, 6.45) is 2.91. The Labute approximate surface area is 145 Å². The minimum absolute atomic E-state index is 0.112. The average molecular weight is 342 g/mol. The van der Waals surface area contributed by atoms with Gasteiger partial charge in [0.15, 0.2) is 0 Å². The maximum absolute atomic E-state index is 11.9. The fraction of sp³-hybridized carbons (Fsp3) is 0.222. The second-order valence-electron chi connectivity index (χ2n) is 5.50. The number of nitrogens with zero attached hydrogens (tertiary/aromatic N) is 1. The molecule has 0 bridgehead atoms. The summed E-state index contributed by atoms with van der Waals surface area (Å²) in [6, 6.07) is 10.5. The maximum atomic E-state index is 11.9. The summed E-state index contributed by atoms with van der Waals surface area (Å²) < 4.78 is 2.77. The largest absolute Gasteiger partial charge is 0.318 e. The number of thiocarbonyl (C=S) groups is 1. The number of benzene rings is 1. The van der Waals surface area contributed by atoms with Crippen LogP contribution >= 0.6 is 24.0 Å². The van der Waals surface area contributed by atoms with Crippen molar-refractivity contribution in [2.45, 2.75) is 27.2 Å². The van der Waals surface area contributed by atoms with Gasteiger partial charge in [-0.3, -0.25) is 4.79 Å². The van der Waals surface area contributed by atoms with Crippen LogP contribution in [-0.2, 0) is 11.2 Å². The number of hydrogen-bond acceptors (Lipinski definition) is 3. The standard InChI is InChI=1S/C18H18N2OS2/c1-4-13-7-5-6-8-15(13)20-11(2)9-14(12(20)3)10-16-17(21)19-18(22)23-16/h5-10H,4H2,1-3H3,(H,19,21,22)/b16-10-. The first kappa shape index (κ1) is 16.0. The molecule has 0 atom stereocenters.